The minimum Gasteiger partial charge on any atom is -0.463 e. The molecule has 4 heterocycles. The molecule has 33 heavy (non-hydrogen) atoms. The number of benzene rings is 1. The molecular formula is C23H17N5O4S. The lowest BCUT2D eigenvalue weighted by atomic mass is 10.1. The summed E-state index contributed by atoms with van der Waals surface area (Å²) in [6, 6.07) is 14.3. The largest absolute Gasteiger partial charge is 0.463 e. The van der Waals surface area contributed by atoms with E-state index < -0.39 is 5.91 Å². The monoisotopic (exact) mass is 459 g/mol. The van der Waals surface area contributed by atoms with E-state index >= 15 is 0 Å². The second-order valence-corrected chi connectivity index (χ2v) is 7.86. The maximum atomic E-state index is 12.9. The Morgan fingerprint density at radius 2 is 1.94 bits per heavy atom. The summed E-state index contributed by atoms with van der Waals surface area (Å²) in [7, 11) is 0. The van der Waals surface area contributed by atoms with Crippen LogP contribution in [0.25, 0.3) is 33.7 Å². The van der Waals surface area contributed by atoms with E-state index in [-0.39, 0.29) is 18.7 Å². The van der Waals surface area contributed by atoms with Gasteiger partial charge in [-0.3, -0.25) is 20.4 Å². The number of aryl methyl sites for hydroxylation is 1. The summed E-state index contributed by atoms with van der Waals surface area (Å²) < 4.78 is 10.6. The van der Waals surface area contributed by atoms with E-state index in [0.29, 0.717) is 39.6 Å². The van der Waals surface area contributed by atoms with Crippen LogP contribution in [0.1, 0.15) is 22.7 Å². The van der Waals surface area contributed by atoms with Gasteiger partial charge in [-0.05, 0) is 35.7 Å². The van der Waals surface area contributed by atoms with E-state index in [2.05, 4.69) is 26.0 Å². The number of hydrogen-bond donors (Lipinski definition) is 2. The lowest BCUT2D eigenvalue weighted by molar-refractivity contribution is -0.121. The van der Waals surface area contributed by atoms with Gasteiger partial charge in [-0.2, -0.15) is 16.3 Å². The van der Waals surface area contributed by atoms with Crippen molar-refractivity contribution >= 4 is 34.1 Å². The molecule has 0 spiro atoms. The number of para-hydroxylation sites is 1. The molecule has 0 saturated carbocycles. The Kier molecular flexibility index (Phi) is 5.64. The molecular weight excluding hydrogens is 442 g/mol. The third-order valence-corrected chi connectivity index (χ3v) is 5.55. The molecule has 2 amide bonds. The number of carbonyl (C=O) groups excluding carboxylic acids is 2. The average Bonchev–Trinajstić information content (AvgIpc) is 3.63. The summed E-state index contributed by atoms with van der Waals surface area (Å²) in [4.78, 5) is 34.0. The minimum absolute atomic E-state index is 0.0697. The number of fused-ring (bicyclic) bond motifs is 1. The Labute approximate surface area is 191 Å². The molecule has 0 unspecified atom stereocenters. The van der Waals surface area contributed by atoms with Crippen LogP contribution in [0.3, 0.4) is 0 Å². The molecule has 0 radical (unpaired) electrons. The van der Waals surface area contributed by atoms with Gasteiger partial charge in [-0.25, -0.2) is 4.98 Å². The van der Waals surface area contributed by atoms with Gasteiger partial charge in [-0.15, -0.1) is 0 Å². The lowest BCUT2D eigenvalue weighted by Crippen LogP contribution is -2.41. The maximum absolute atomic E-state index is 12.9. The molecule has 10 heteroatoms. The standard InChI is InChI=1S/C23H17N5O4S/c29-20(7-8-21-25-22(28-32-21)14-9-11-33-13-14)26-27-23(30)16-12-18(19-6-3-10-31-19)24-17-5-2-1-4-15(16)17/h1-6,9-13H,7-8H2,(H,26,29)(H,27,30). The summed E-state index contributed by atoms with van der Waals surface area (Å²) in [5.74, 6) is 0.522. The fourth-order valence-electron chi connectivity index (χ4n) is 3.26. The highest BCUT2D eigenvalue weighted by molar-refractivity contribution is 7.08. The van der Waals surface area contributed by atoms with Gasteiger partial charge in [-0.1, -0.05) is 23.4 Å². The van der Waals surface area contributed by atoms with Crippen LogP contribution in [-0.2, 0) is 11.2 Å². The number of carbonyl (C=O) groups is 2. The van der Waals surface area contributed by atoms with Crippen molar-refractivity contribution in [1.82, 2.24) is 26.0 Å². The zero-order valence-electron chi connectivity index (χ0n) is 17.1. The van der Waals surface area contributed by atoms with Crippen LogP contribution in [0.5, 0.6) is 0 Å². The van der Waals surface area contributed by atoms with Gasteiger partial charge in [0.15, 0.2) is 5.76 Å². The number of furan rings is 1. The number of rotatable bonds is 6. The number of nitrogens with zero attached hydrogens (tertiary/aromatic N) is 3. The molecule has 0 aliphatic rings. The molecule has 0 fully saturated rings. The van der Waals surface area contributed by atoms with Gasteiger partial charge in [0.1, 0.15) is 5.69 Å². The van der Waals surface area contributed by atoms with Crippen LogP contribution in [0.4, 0.5) is 0 Å². The van der Waals surface area contributed by atoms with Crippen molar-refractivity contribution in [3.63, 3.8) is 0 Å². The van der Waals surface area contributed by atoms with E-state index in [1.54, 1.807) is 30.5 Å². The number of thiophene rings is 1. The molecule has 0 bridgehead atoms. The summed E-state index contributed by atoms with van der Waals surface area (Å²) in [5, 5.41) is 8.41. The van der Waals surface area contributed by atoms with Crippen molar-refractivity contribution < 1.29 is 18.5 Å². The number of pyridine rings is 1. The molecule has 9 nitrogen and oxygen atoms in total. The van der Waals surface area contributed by atoms with Gasteiger partial charge in [0.25, 0.3) is 5.91 Å². The fourth-order valence-corrected chi connectivity index (χ4v) is 3.89. The van der Waals surface area contributed by atoms with E-state index in [1.807, 2.05) is 35.0 Å². The first-order valence-corrected chi connectivity index (χ1v) is 11.0. The lowest BCUT2D eigenvalue weighted by Gasteiger charge is -2.10. The number of hydrazine groups is 1. The highest BCUT2D eigenvalue weighted by atomic mass is 32.1. The Hall–Kier alpha value is -4.31. The molecule has 5 rings (SSSR count). The van der Waals surface area contributed by atoms with Crippen LogP contribution < -0.4 is 10.9 Å². The molecule has 0 aliphatic carbocycles. The molecule has 0 atom stereocenters. The van der Waals surface area contributed by atoms with Crippen molar-refractivity contribution in [3.05, 3.63) is 77.0 Å². The predicted molar refractivity (Wildman–Crippen MR) is 121 cm³/mol. The quantitative estimate of drug-likeness (QED) is 0.368. The Morgan fingerprint density at radius 1 is 1.03 bits per heavy atom. The second-order valence-electron chi connectivity index (χ2n) is 7.08. The van der Waals surface area contributed by atoms with Crippen molar-refractivity contribution in [2.75, 3.05) is 0 Å². The number of nitrogens with one attached hydrogen (secondary N) is 2. The van der Waals surface area contributed by atoms with Crippen LogP contribution in [-0.4, -0.2) is 26.9 Å². The molecule has 4 aromatic heterocycles. The van der Waals surface area contributed by atoms with Crippen LogP contribution in [0.15, 0.2) is 74.5 Å². The minimum atomic E-state index is -0.465. The van der Waals surface area contributed by atoms with Gasteiger partial charge < -0.3 is 8.94 Å². The van der Waals surface area contributed by atoms with Crippen LogP contribution in [0.2, 0.25) is 0 Å². The number of hydrogen-bond acceptors (Lipinski definition) is 8. The average molecular weight is 459 g/mol. The van der Waals surface area contributed by atoms with Crippen molar-refractivity contribution in [1.29, 1.82) is 0 Å². The van der Waals surface area contributed by atoms with Gasteiger partial charge in [0.2, 0.25) is 17.6 Å². The molecule has 164 valence electrons. The summed E-state index contributed by atoms with van der Waals surface area (Å²) >= 11 is 1.53. The Bertz CT molecular complexity index is 1410. The molecule has 5 aromatic rings. The SMILES string of the molecule is O=C(CCc1nc(-c2ccsc2)no1)NNC(=O)c1cc(-c2ccco2)nc2ccccc12. The summed E-state index contributed by atoms with van der Waals surface area (Å²) in [6.45, 7) is 0. The van der Waals surface area contributed by atoms with E-state index in [9.17, 15) is 9.59 Å². The molecule has 2 N–H and O–H groups in total. The zero-order valence-corrected chi connectivity index (χ0v) is 18.0. The third kappa shape index (κ3) is 4.51. The topological polar surface area (TPSA) is 123 Å². The van der Waals surface area contributed by atoms with Gasteiger partial charge in [0.05, 0.1) is 17.3 Å². The molecule has 0 saturated heterocycles. The summed E-state index contributed by atoms with van der Waals surface area (Å²) in [5.41, 5.74) is 7.29. The smallest absolute Gasteiger partial charge is 0.270 e. The summed E-state index contributed by atoms with van der Waals surface area (Å²) in [6.07, 6.45) is 1.86. The van der Waals surface area contributed by atoms with E-state index in [0.717, 1.165) is 5.56 Å². The van der Waals surface area contributed by atoms with Crippen molar-refractivity contribution in [3.8, 4) is 22.8 Å². The molecule has 0 aliphatic heterocycles. The van der Waals surface area contributed by atoms with Crippen LogP contribution in [0, 0.1) is 0 Å². The predicted octanol–water partition coefficient (Wildman–Crippen LogP) is 4.00. The Morgan fingerprint density at radius 3 is 2.76 bits per heavy atom. The number of amides is 2. The zero-order chi connectivity index (χ0) is 22.6. The van der Waals surface area contributed by atoms with Crippen molar-refractivity contribution in [2.24, 2.45) is 0 Å². The first-order valence-electron chi connectivity index (χ1n) is 10.1. The van der Waals surface area contributed by atoms with E-state index in [4.69, 9.17) is 8.94 Å². The normalized spacial score (nSPS) is 10.9. The first kappa shape index (κ1) is 20.6. The molecule has 1 aromatic carbocycles. The van der Waals surface area contributed by atoms with Gasteiger partial charge >= 0.3 is 0 Å². The fraction of sp³-hybridized carbons (Fsp3) is 0.0870. The second kappa shape index (κ2) is 9.05. The first-order chi connectivity index (χ1) is 16.2. The van der Waals surface area contributed by atoms with Gasteiger partial charge in [0, 0.05) is 29.2 Å². The van der Waals surface area contributed by atoms with Crippen LogP contribution >= 0.6 is 11.3 Å². The highest BCUT2D eigenvalue weighted by Crippen LogP contribution is 2.25. The Balaban J connectivity index is 1.24. The number of aromatic nitrogens is 3. The third-order valence-electron chi connectivity index (χ3n) is 4.86. The van der Waals surface area contributed by atoms with E-state index in [1.165, 1.54) is 11.3 Å². The maximum Gasteiger partial charge on any atom is 0.270 e. The highest BCUT2D eigenvalue weighted by Gasteiger charge is 2.16. The van der Waals surface area contributed by atoms with Crippen molar-refractivity contribution in [2.45, 2.75) is 12.8 Å².